The zero-order chi connectivity index (χ0) is 12.3. The molecule has 2 rings (SSSR count). The predicted octanol–water partition coefficient (Wildman–Crippen LogP) is 2.71. The van der Waals surface area contributed by atoms with Crippen LogP contribution in [0.15, 0.2) is 30.3 Å². The summed E-state index contributed by atoms with van der Waals surface area (Å²) in [5.74, 6) is 0.505. The third kappa shape index (κ3) is 2.82. The van der Waals surface area contributed by atoms with E-state index in [2.05, 4.69) is 9.69 Å². The molecular formula is C12H12N2O2S. The van der Waals surface area contributed by atoms with Gasteiger partial charge < -0.3 is 10.1 Å². The molecule has 1 amide bonds. The maximum Gasteiger partial charge on any atom is 0.256 e. The molecule has 0 saturated carbocycles. The maximum absolute atomic E-state index is 11.9. The van der Waals surface area contributed by atoms with Crippen LogP contribution < -0.4 is 10.1 Å². The van der Waals surface area contributed by atoms with E-state index in [1.54, 1.807) is 31.4 Å². The van der Waals surface area contributed by atoms with Gasteiger partial charge in [-0.2, -0.15) is 4.37 Å². The second-order valence-electron chi connectivity index (χ2n) is 3.52. The number of rotatable bonds is 3. The number of methoxy groups -OCH3 is 1. The van der Waals surface area contributed by atoms with Crippen LogP contribution in [-0.2, 0) is 0 Å². The van der Waals surface area contributed by atoms with Crippen molar-refractivity contribution < 1.29 is 9.53 Å². The summed E-state index contributed by atoms with van der Waals surface area (Å²) < 4.78 is 9.17. The van der Waals surface area contributed by atoms with Crippen molar-refractivity contribution in [1.82, 2.24) is 4.37 Å². The number of aryl methyl sites for hydroxylation is 1. The van der Waals surface area contributed by atoms with Crippen molar-refractivity contribution in [1.29, 1.82) is 0 Å². The number of ether oxygens (including phenoxy) is 1. The number of hydrogen-bond donors (Lipinski definition) is 1. The second-order valence-corrected chi connectivity index (χ2v) is 4.32. The molecule has 4 nitrogen and oxygen atoms in total. The average molecular weight is 248 g/mol. The van der Waals surface area contributed by atoms with E-state index in [0.29, 0.717) is 11.3 Å². The Bertz CT molecular complexity index is 537. The number of carbonyl (C=O) groups excluding carboxylic acids is 1. The molecule has 1 heterocycles. The van der Waals surface area contributed by atoms with Gasteiger partial charge in [0, 0.05) is 5.56 Å². The molecule has 5 heteroatoms. The van der Waals surface area contributed by atoms with E-state index in [0.717, 1.165) is 10.7 Å². The molecular weight excluding hydrogens is 236 g/mol. The Morgan fingerprint density at radius 2 is 2.24 bits per heavy atom. The number of nitrogens with zero attached hydrogens (tertiary/aromatic N) is 1. The maximum atomic E-state index is 11.9. The van der Waals surface area contributed by atoms with Crippen LogP contribution >= 0.6 is 11.5 Å². The lowest BCUT2D eigenvalue weighted by atomic mass is 10.2. The Kier molecular flexibility index (Phi) is 3.39. The molecule has 1 aromatic carbocycles. The second kappa shape index (κ2) is 4.97. The van der Waals surface area contributed by atoms with Gasteiger partial charge in [0.05, 0.1) is 12.8 Å². The molecule has 0 radical (unpaired) electrons. The monoisotopic (exact) mass is 248 g/mol. The van der Waals surface area contributed by atoms with E-state index in [9.17, 15) is 4.79 Å². The lowest BCUT2D eigenvalue weighted by Crippen LogP contribution is -2.10. The summed E-state index contributed by atoms with van der Waals surface area (Å²) in [6.45, 7) is 1.89. The fraction of sp³-hybridized carbons (Fsp3) is 0.167. The van der Waals surface area contributed by atoms with Crippen molar-refractivity contribution in [3.8, 4) is 5.75 Å². The lowest BCUT2D eigenvalue weighted by Gasteiger charge is -2.04. The number of aromatic nitrogens is 1. The van der Waals surface area contributed by atoms with Gasteiger partial charge in [0.25, 0.3) is 5.91 Å². The summed E-state index contributed by atoms with van der Waals surface area (Å²) in [6, 6.07) is 8.86. The quantitative estimate of drug-likeness (QED) is 0.908. The molecule has 0 bridgehead atoms. The first kappa shape index (κ1) is 11.6. The molecule has 1 N–H and O–H groups in total. The number of hydrogen-bond acceptors (Lipinski definition) is 4. The highest BCUT2D eigenvalue weighted by Crippen LogP contribution is 2.18. The van der Waals surface area contributed by atoms with Crippen molar-refractivity contribution in [2.24, 2.45) is 0 Å². The highest BCUT2D eigenvalue weighted by Gasteiger charge is 2.08. The Labute approximate surface area is 103 Å². The first-order valence-corrected chi connectivity index (χ1v) is 5.85. The molecule has 0 aliphatic rings. The van der Waals surface area contributed by atoms with Crippen molar-refractivity contribution in [3.05, 3.63) is 41.6 Å². The van der Waals surface area contributed by atoms with Crippen LogP contribution in [0.2, 0.25) is 0 Å². The van der Waals surface area contributed by atoms with E-state index in [4.69, 9.17) is 4.74 Å². The van der Waals surface area contributed by atoms with E-state index >= 15 is 0 Å². The van der Waals surface area contributed by atoms with Crippen LogP contribution in [0.4, 0.5) is 5.00 Å². The molecule has 1 aromatic heterocycles. The molecule has 0 spiro atoms. The van der Waals surface area contributed by atoms with E-state index in [-0.39, 0.29) is 5.91 Å². The number of anilines is 1. The average Bonchev–Trinajstić information content (AvgIpc) is 2.75. The zero-order valence-electron chi connectivity index (χ0n) is 9.56. The van der Waals surface area contributed by atoms with Crippen molar-refractivity contribution in [2.45, 2.75) is 6.92 Å². The summed E-state index contributed by atoms with van der Waals surface area (Å²) in [5.41, 5.74) is 1.46. The third-order valence-corrected chi connectivity index (χ3v) is 2.99. The SMILES string of the molecule is COc1cccc(C(=O)Nc2cc(C)ns2)c1. The van der Waals surface area contributed by atoms with Gasteiger partial charge in [-0.1, -0.05) is 6.07 Å². The molecule has 0 aliphatic heterocycles. The molecule has 0 atom stereocenters. The highest BCUT2D eigenvalue weighted by atomic mass is 32.1. The number of amides is 1. The predicted molar refractivity (Wildman–Crippen MR) is 67.8 cm³/mol. The Morgan fingerprint density at radius 1 is 1.41 bits per heavy atom. The molecule has 0 fully saturated rings. The Morgan fingerprint density at radius 3 is 2.88 bits per heavy atom. The summed E-state index contributed by atoms with van der Waals surface area (Å²) in [5, 5.41) is 3.54. The molecule has 0 unspecified atom stereocenters. The fourth-order valence-corrected chi connectivity index (χ4v) is 2.03. The van der Waals surface area contributed by atoms with Gasteiger partial charge in [-0.05, 0) is 42.7 Å². The lowest BCUT2D eigenvalue weighted by molar-refractivity contribution is 0.102. The smallest absolute Gasteiger partial charge is 0.256 e. The van der Waals surface area contributed by atoms with Gasteiger partial charge in [0.2, 0.25) is 0 Å². The van der Waals surface area contributed by atoms with Crippen LogP contribution in [0.25, 0.3) is 0 Å². The summed E-state index contributed by atoms with van der Waals surface area (Å²) in [6.07, 6.45) is 0. The van der Waals surface area contributed by atoms with Gasteiger partial charge >= 0.3 is 0 Å². The van der Waals surface area contributed by atoms with E-state index in [1.807, 2.05) is 13.0 Å². The van der Waals surface area contributed by atoms with Crippen LogP contribution in [0, 0.1) is 6.92 Å². The normalized spacial score (nSPS) is 10.0. The standard InChI is InChI=1S/C12H12N2O2S/c1-8-6-11(17-14-8)13-12(15)9-4-3-5-10(7-9)16-2/h3-7H,1-2H3,(H,13,15). The van der Waals surface area contributed by atoms with Gasteiger partial charge in [-0.3, -0.25) is 4.79 Å². The topological polar surface area (TPSA) is 51.2 Å². The first-order chi connectivity index (χ1) is 8.19. The van der Waals surface area contributed by atoms with Crippen LogP contribution in [0.5, 0.6) is 5.75 Å². The summed E-state index contributed by atoms with van der Waals surface area (Å²) in [4.78, 5) is 11.9. The summed E-state index contributed by atoms with van der Waals surface area (Å²) in [7, 11) is 1.57. The van der Waals surface area contributed by atoms with Crippen molar-refractivity contribution in [2.75, 3.05) is 12.4 Å². The van der Waals surface area contributed by atoms with Crippen LogP contribution in [0.3, 0.4) is 0 Å². The largest absolute Gasteiger partial charge is 0.497 e. The van der Waals surface area contributed by atoms with E-state index in [1.165, 1.54) is 11.5 Å². The minimum Gasteiger partial charge on any atom is -0.497 e. The van der Waals surface area contributed by atoms with Gasteiger partial charge in [-0.15, -0.1) is 0 Å². The molecule has 0 aliphatic carbocycles. The van der Waals surface area contributed by atoms with E-state index < -0.39 is 0 Å². The number of nitrogens with one attached hydrogen (secondary N) is 1. The minimum absolute atomic E-state index is 0.160. The van der Waals surface area contributed by atoms with Gasteiger partial charge in [0.1, 0.15) is 10.8 Å². The molecule has 2 aromatic rings. The minimum atomic E-state index is -0.160. The highest BCUT2D eigenvalue weighted by molar-refractivity contribution is 7.10. The Balaban J connectivity index is 2.14. The number of benzene rings is 1. The first-order valence-electron chi connectivity index (χ1n) is 5.08. The summed E-state index contributed by atoms with van der Waals surface area (Å²) >= 11 is 1.27. The molecule has 17 heavy (non-hydrogen) atoms. The number of carbonyl (C=O) groups is 1. The van der Waals surface area contributed by atoms with Crippen LogP contribution in [-0.4, -0.2) is 17.4 Å². The molecule has 88 valence electrons. The van der Waals surface area contributed by atoms with Gasteiger partial charge in [-0.25, -0.2) is 0 Å². The van der Waals surface area contributed by atoms with Crippen molar-refractivity contribution >= 4 is 22.4 Å². The Hall–Kier alpha value is -1.88. The van der Waals surface area contributed by atoms with Gasteiger partial charge in [0.15, 0.2) is 0 Å². The van der Waals surface area contributed by atoms with Crippen molar-refractivity contribution in [3.63, 3.8) is 0 Å². The third-order valence-electron chi connectivity index (χ3n) is 2.20. The molecule has 0 saturated heterocycles. The fourth-order valence-electron chi connectivity index (χ4n) is 1.37. The van der Waals surface area contributed by atoms with Crippen LogP contribution in [0.1, 0.15) is 16.1 Å². The zero-order valence-corrected chi connectivity index (χ0v) is 10.4.